The first kappa shape index (κ1) is 32.6. The molecule has 4 rings (SSSR count). The lowest BCUT2D eigenvalue weighted by atomic mass is 9.43. The molecule has 8 heteroatoms. The van der Waals surface area contributed by atoms with Gasteiger partial charge in [0.05, 0.1) is 0 Å². The molecule has 0 aromatic carbocycles. The molecule has 1 N–H and O–H groups in total. The van der Waals surface area contributed by atoms with Crippen LogP contribution in [0.4, 0.5) is 13.2 Å². The molecule has 236 valence electrons. The van der Waals surface area contributed by atoms with Gasteiger partial charge in [0.25, 0.3) is 0 Å². The van der Waals surface area contributed by atoms with Crippen LogP contribution in [0.25, 0.3) is 0 Å². The number of ether oxygens (including phenoxy) is 2. The van der Waals surface area contributed by atoms with Gasteiger partial charge >= 0.3 is 18.1 Å². The van der Waals surface area contributed by atoms with Crippen molar-refractivity contribution in [3.63, 3.8) is 0 Å². The summed E-state index contributed by atoms with van der Waals surface area (Å²) in [5, 5.41) is 10.5. The van der Waals surface area contributed by atoms with E-state index in [0.29, 0.717) is 36.5 Å². The predicted molar refractivity (Wildman–Crippen MR) is 151 cm³/mol. The molecule has 0 unspecified atom stereocenters. The molecule has 5 nitrogen and oxygen atoms in total. The topological polar surface area (TPSA) is 72.8 Å². The minimum atomic E-state index is -4.57. The highest BCUT2D eigenvalue weighted by molar-refractivity contribution is 5.72. The molecular weight excluding hydrogens is 533 g/mol. The summed E-state index contributed by atoms with van der Waals surface area (Å²) in [5.74, 6) is 1.40. The van der Waals surface area contributed by atoms with Crippen LogP contribution >= 0.6 is 0 Å². The van der Waals surface area contributed by atoms with Crippen LogP contribution in [-0.2, 0) is 19.1 Å². The molecule has 0 aliphatic heterocycles. The number of carbonyl (C=O) groups excluding carboxylic acids is 2. The van der Waals surface area contributed by atoms with Crippen molar-refractivity contribution in [1.82, 2.24) is 0 Å². The van der Waals surface area contributed by atoms with E-state index in [4.69, 9.17) is 9.47 Å². The van der Waals surface area contributed by atoms with Crippen molar-refractivity contribution in [2.45, 2.75) is 149 Å². The van der Waals surface area contributed by atoms with Gasteiger partial charge < -0.3 is 14.6 Å². The first-order chi connectivity index (χ1) is 18.8. The van der Waals surface area contributed by atoms with Crippen molar-refractivity contribution >= 4 is 11.9 Å². The highest BCUT2D eigenvalue weighted by Crippen LogP contribution is 2.69. The van der Waals surface area contributed by atoms with Crippen LogP contribution < -0.4 is 0 Å². The van der Waals surface area contributed by atoms with Gasteiger partial charge in [-0.25, -0.2) is 0 Å². The summed E-state index contributed by atoms with van der Waals surface area (Å²) in [7, 11) is 0. The zero-order chi connectivity index (χ0) is 30.6. The smallest absolute Gasteiger partial charge is 0.417 e. The number of carbonyl (C=O) groups is 2. The second kappa shape index (κ2) is 11.3. The third kappa shape index (κ3) is 6.33. The summed E-state index contributed by atoms with van der Waals surface area (Å²) >= 11 is 0. The molecular formula is C33H53F3O5. The zero-order valence-electron chi connectivity index (χ0n) is 26.2. The standard InChI is InChI=1S/C33H53F3O5/c1-20(21(2)40-27(37)9-8-10-28(38)41-29(3,4)5)24-13-14-25-23-12-11-22-19-32(39,33(34,35)36)18-17-30(22,6)26(23)15-16-31(24,25)7/h20-26,39H,8-19H2,1-7H3/t20-,21-,22-,23+,24-,25+,26+,30+,31-,32-/m1/s1. The van der Waals surface area contributed by atoms with Crippen LogP contribution in [0.2, 0.25) is 0 Å². The molecule has 0 saturated heterocycles. The van der Waals surface area contributed by atoms with Gasteiger partial charge in [-0.05, 0) is 138 Å². The number of aliphatic hydroxyl groups is 1. The first-order valence-corrected chi connectivity index (χ1v) is 16.0. The fourth-order valence-corrected chi connectivity index (χ4v) is 9.88. The Labute approximate surface area is 244 Å². The maximum absolute atomic E-state index is 13.7. The molecule has 4 aliphatic carbocycles. The molecule has 41 heavy (non-hydrogen) atoms. The molecule has 4 aliphatic rings. The molecule has 0 amide bonds. The van der Waals surface area contributed by atoms with Crippen molar-refractivity contribution in [3.8, 4) is 0 Å². The number of halogens is 3. The largest absolute Gasteiger partial charge is 0.462 e. The normalized spacial score (nSPS) is 40.5. The molecule has 4 fully saturated rings. The average Bonchev–Trinajstić information content (AvgIpc) is 3.19. The van der Waals surface area contributed by atoms with Crippen molar-refractivity contribution in [1.29, 1.82) is 0 Å². The van der Waals surface area contributed by atoms with E-state index in [1.54, 1.807) is 0 Å². The molecule has 4 saturated carbocycles. The molecule has 0 heterocycles. The van der Waals surface area contributed by atoms with Crippen LogP contribution in [0.5, 0.6) is 0 Å². The van der Waals surface area contributed by atoms with Crippen LogP contribution in [0, 0.1) is 46.3 Å². The molecule has 0 radical (unpaired) electrons. The van der Waals surface area contributed by atoms with E-state index < -0.39 is 17.4 Å². The predicted octanol–water partition coefficient (Wildman–Crippen LogP) is 8.02. The average molecular weight is 587 g/mol. The Bertz CT molecular complexity index is 975. The van der Waals surface area contributed by atoms with Gasteiger partial charge in [0.1, 0.15) is 11.7 Å². The summed E-state index contributed by atoms with van der Waals surface area (Å²) in [5.41, 5.74) is -3.09. The molecule has 0 bridgehead atoms. The number of alkyl halides is 3. The Morgan fingerprint density at radius 1 is 0.878 bits per heavy atom. The fourth-order valence-electron chi connectivity index (χ4n) is 9.88. The van der Waals surface area contributed by atoms with Crippen molar-refractivity contribution in [2.75, 3.05) is 0 Å². The van der Waals surface area contributed by atoms with Crippen molar-refractivity contribution in [3.05, 3.63) is 0 Å². The number of hydrogen-bond donors (Lipinski definition) is 1. The zero-order valence-corrected chi connectivity index (χ0v) is 26.2. The Morgan fingerprint density at radius 3 is 2.15 bits per heavy atom. The van der Waals surface area contributed by atoms with E-state index in [2.05, 4.69) is 20.8 Å². The van der Waals surface area contributed by atoms with Gasteiger partial charge in [-0.15, -0.1) is 0 Å². The van der Waals surface area contributed by atoms with E-state index in [1.165, 1.54) is 0 Å². The first-order valence-electron chi connectivity index (χ1n) is 16.0. The lowest BCUT2D eigenvalue weighted by molar-refractivity contribution is -0.290. The highest BCUT2D eigenvalue weighted by Gasteiger charge is 2.65. The van der Waals surface area contributed by atoms with Crippen LogP contribution in [0.1, 0.15) is 126 Å². The number of hydrogen-bond acceptors (Lipinski definition) is 5. The SMILES string of the molecule is C[C@@H]([C@H]1CC[C@H]2[C@@H]3CC[C@@H]4C[C@@](O)(C(F)(F)F)CC[C@]4(C)[C@H]3CC[C@]12C)[C@@H](C)OC(=O)CCCC(=O)OC(C)(C)C. The number of rotatable bonds is 7. The van der Waals surface area contributed by atoms with Crippen molar-refractivity contribution in [2.24, 2.45) is 46.3 Å². The summed E-state index contributed by atoms with van der Waals surface area (Å²) in [4.78, 5) is 24.6. The van der Waals surface area contributed by atoms with Gasteiger partial charge in [0.15, 0.2) is 5.60 Å². The van der Waals surface area contributed by atoms with Gasteiger partial charge in [-0.1, -0.05) is 20.8 Å². The second-order valence-electron chi connectivity index (χ2n) is 15.6. The quantitative estimate of drug-likeness (QED) is 0.306. The third-order valence-electron chi connectivity index (χ3n) is 12.2. The summed E-state index contributed by atoms with van der Waals surface area (Å²) in [6.07, 6.45) is 2.09. The van der Waals surface area contributed by atoms with E-state index in [-0.39, 0.29) is 66.4 Å². The van der Waals surface area contributed by atoms with Gasteiger partial charge in [-0.3, -0.25) is 9.59 Å². The summed E-state index contributed by atoms with van der Waals surface area (Å²) in [6.45, 7) is 14.3. The van der Waals surface area contributed by atoms with Crippen LogP contribution in [0.3, 0.4) is 0 Å². The summed E-state index contributed by atoms with van der Waals surface area (Å²) < 4.78 is 52.2. The van der Waals surface area contributed by atoms with Crippen molar-refractivity contribution < 1.29 is 37.3 Å². The van der Waals surface area contributed by atoms with Gasteiger partial charge in [-0.2, -0.15) is 13.2 Å². The Hall–Kier alpha value is -1.31. The second-order valence-corrected chi connectivity index (χ2v) is 15.6. The Morgan fingerprint density at radius 2 is 1.51 bits per heavy atom. The van der Waals surface area contributed by atoms with E-state index in [0.717, 1.165) is 38.5 Å². The maximum Gasteiger partial charge on any atom is 0.417 e. The number of fused-ring (bicyclic) bond motifs is 5. The van der Waals surface area contributed by atoms with E-state index in [9.17, 15) is 27.9 Å². The van der Waals surface area contributed by atoms with Crippen LogP contribution in [-0.4, -0.2) is 40.5 Å². The summed E-state index contributed by atoms with van der Waals surface area (Å²) in [6, 6.07) is 0. The molecule has 10 atom stereocenters. The van der Waals surface area contributed by atoms with Gasteiger partial charge in [0, 0.05) is 12.8 Å². The minimum Gasteiger partial charge on any atom is -0.462 e. The van der Waals surface area contributed by atoms with E-state index in [1.807, 2.05) is 27.7 Å². The lowest BCUT2D eigenvalue weighted by Gasteiger charge is -2.62. The minimum absolute atomic E-state index is 0.0839. The van der Waals surface area contributed by atoms with Gasteiger partial charge in [0.2, 0.25) is 0 Å². The Balaban J connectivity index is 1.34. The lowest BCUT2D eigenvalue weighted by Crippen LogP contribution is -2.59. The van der Waals surface area contributed by atoms with E-state index >= 15 is 0 Å². The third-order valence-corrected chi connectivity index (χ3v) is 12.2. The molecule has 0 spiro atoms. The maximum atomic E-state index is 13.7. The number of esters is 2. The fraction of sp³-hybridized carbons (Fsp3) is 0.939. The highest BCUT2D eigenvalue weighted by atomic mass is 19.4. The molecule has 0 aromatic heterocycles. The van der Waals surface area contributed by atoms with Crippen LogP contribution in [0.15, 0.2) is 0 Å². The monoisotopic (exact) mass is 586 g/mol. The Kier molecular flexibility index (Phi) is 9.00. The molecule has 0 aromatic rings.